The summed E-state index contributed by atoms with van der Waals surface area (Å²) in [5.41, 5.74) is 1.35. The van der Waals surface area contributed by atoms with Gasteiger partial charge in [0.2, 0.25) is 0 Å². The topological polar surface area (TPSA) is 55.2 Å². The molecule has 0 fully saturated rings. The van der Waals surface area contributed by atoms with Crippen molar-refractivity contribution >= 4 is 0 Å². The third-order valence-corrected chi connectivity index (χ3v) is 2.13. The summed E-state index contributed by atoms with van der Waals surface area (Å²) in [6.45, 7) is 0.0223. The van der Waals surface area contributed by atoms with Crippen molar-refractivity contribution in [3.05, 3.63) is 42.7 Å². The van der Waals surface area contributed by atoms with E-state index in [0.29, 0.717) is 16.9 Å². The maximum Gasteiger partial charge on any atom is 0.127 e. The molecule has 1 N–H and O–H groups in total. The number of aromatic nitrogens is 2. The van der Waals surface area contributed by atoms with E-state index < -0.39 is 5.82 Å². The molecule has 0 radical (unpaired) electrons. The van der Waals surface area contributed by atoms with E-state index in [-0.39, 0.29) is 13.2 Å². The molecule has 2 aromatic rings. The molecule has 0 spiro atoms. The molecule has 17 heavy (non-hydrogen) atoms. The van der Waals surface area contributed by atoms with Crippen LogP contribution in [-0.2, 0) is 0 Å². The molecule has 0 unspecified atom stereocenters. The summed E-state index contributed by atoms with van der Waals surface area (Å²) in [6, 6.07) is 4.32. The molecule has 0 atom stereocenters. The first kappa shape index (κ1) is 11.5. The molecule has 88 valence electrons. The Balaban J connectivity index is 2.32. The van der Waals surface area contributed by atoms with Gasteiger partial charge in [0.15, 0.2) is 0 Å². The molecular weight excluding hydrogens is 223 g/mol. The lowest BCUT2D eigenvalue weighted by atomic mass is 10.1. The molecule has 0 aliphatic heterocycles. The van der Waals surface area contributed by atoms with Crippen LogP contribution in [0.3, 0.4) is 0 Å². The van der Waals surface area contributed by atoms with Gasteiger partial charge in [0.05, 0.1) is 6.61 Å². The summed E-state index contributed by atoms with van der Waals surface area (Å²) in [7, 11) is 0. The highest BCUT2D eigenvalue weighted by Crippen LogP contribution is 2.24. The highest BCUT2D eigenvalue weighted by molar-refractivity contribution is 5.63. The maximum atomic E-state index is 13.4. The van der Waals surface area contributed by atoms with Crippen molar-refractivity contribution in [2.45, 2.75) is 0 Å². The Morgan fingerprint density at radius 3 is 2.59 bits per heavy atom. The fraction of sp³-hybridized carbons (Fsp3) is 0.167. The molecule has 0 saturated heterocycles. The first-order chi connectivity index (χ1) is 8.29. The molecule has 1 aromatic heterocycles. The Labute approximate surface area is 97.7 Å². The highest BCUT2D eigenvalue weighted by atomic mass is 19.1. The van der Waals surface area contributed by atoms with Crippen molar-refractivity contribution in [3.8, 4) is 16.9 Å². The Hall–Kier alpha value is -2.01. The van der Waals surface area contributed by atoms with Crippen molar-refractivity contribution in [1.29, 1.82) is 0 Å². The van der Waals surface area contributed by atoms with E-state index in [0.717, 1.165) is 0 Å². The van der Waals surface area contributed by atoms with Gasteiger partial charge in [-0.25, -0.2) is 14.4 Å². The number of rotatable bonds is 4. The van der Waals surface area contributed by atoms with Crippen LogP contribution in [0, 0.1) is 5.82 Å². The lowest BCUT2D eigenvalue weighted by molar-refractivity contribution is 0.201. The lowest BCUT2D eigenvalue weighted by Gasteiger charge is -2.07. The second-order valence-corrected chi connectivity index (χ2v) is 3.37. The van der Waals surface area contributed by atoms with Crippen LogP contribution in [0.25, 0.3) is 11.1 Å². The number of aliphatic hydroxyl groups is 1. The van der Waals surface area contributed by atoms with Crippen LogP contribution in [0.2, 0.25) is 0 Å². The summed E-state index contributed by atoms with van der Waals surface area (Å²) in [6.07, 6.45) is 4.60. The molecule has 5 heteroatoms. The van der Waals surface area contributed by atoms with Crippen molar-refractivity contribution in [2.24, 2.45) is 0 Å². The molecule has 0 amide bonds. The van der Waals surface area contributed by atoms with Crippen LogP contribution in [0.4, 0.5) is 4.39 Å². The van der Waals surface area contributed by atoms with Gasteiger partial charge in [0, 0.05) is 24.0 Å². The molecule has 4 nitrogen and oxygen atoms in total. The summed E-state index contributed by atoms with van der Waals surface area (Å²) in [5.74, 6) is -0.0304. The van der Waals surface area contributed by atoms with Crippen LogP contribution in [-0.4, -0.2) is 28.3 Å². The average molecular weight is 234 g/mol. The van der Waals surface area contributed by atoms with Crippen LogP contribution in [0.5, 0.6) is 5.75 Å². The molecule has 1 heterocycles. The minimum Gasteiger partial charge on any atom is -0.491 e. The van der Waals surface area contributed by atoms with Gasteiger partial charge < -0.3 is 9.84 Å². The van der Waals surface area contributed by atoms with Gasteiger partial charge in [-0.3, -0.25) is 0 Å². The normalized spacial score (nSPS) is 10.2. The van der Waals surface area contributed by atoms with E-state index in [4.69, 9.17) is 9.84 Å². The third-order valence-electron chi connectivity index (χ3n) is 2.13. The minimum absolute atomic E-state index is 0.111. The third kappa shape index (κ3) is 2.98. The van der Waals surface area contributed by atoms with Crippen molar-refractivity contribution < 1.29 is 14.2 Å². The zero-order valence-corrected chi connectivity index (χ0v) is 9.01. The summed E-state index contributed by atoms with van der Waals surface area (Å²) >= 11 is 0. The van der Waals surface area contributed by atoms with Gasteiger partial charge in [-0.1, -0.05) is 0 Å². The fourth-order valence-electron chi connectivity index (χ4n) is 1.42. The fourth-order valence-corrected chi connectivity index (χ4v) is 1.42. The lowest BCUT2D eigenvalue weighted by Crippen LogP contribution is -2.02. The SMILES string of the molecule is OCCOc1cc(F)cc(-c2cncnc2)c1. The van der Waals surface area contributed by atoms with E-state index in [2.05, 4.69) is 9.97 Å². The van der Waals surface area contributed by atoms with E-state index in [1.165, 1.54) is 18.5 Å². The summed E-state index contributed by atoms with van der Waals surface area (Å²) in [5, 5.41) is 8.64. The quantitative estimate of drug-likeness (QED) is 0.874. The Bertz CT molecular complexity index is 491. The monoisotopic (exact) mass is 234 g/mol. The van der Waals surface area contributed by atoms with Gasteiger partial charge >= 0.3 is 0 Å². The number of nitrogens with zero attached hydrogens (tertiary/aromatic N) is 2. The zero-order valence-electron chi connectivity index (χ0n) is 9.01. The van der Waals surface area contributed by atoms with Crippen LogP contribution < -0.4 is 4.74 Å². The van der Waals surface area contributed by atoms with Gasteiger partial charge in [0.1, 0.15) is 24.5 Å². The van der Waals surface area contributed by atoms with Crippen molar-refractivity contribution in [1.82, 2.24) is 9.97 Å². The first-order valence-corrected chi connectivity index (χ1v) is 5.09. The maximum absolute atomic E-state index is 13.4. The van der Waals surface area contributed by atoms with E-state index in [1.807, 2.05) is 0 Å². The van der Waals surface area contributed by atoms with E-state index in [9.17, 15) is 4.39 Å². The molecule has 0 saturated carbocycles. The van der Waals surface area contributed by atoms with Crippen LogP contribution in [0.15, 0.2) is 36.9 Å². The average Bonchev–Trinajstić information content (AvgIpc) is 2.37. The molecular formula is C12H11FN2O2. The van der Waals surface area contributed by atoms with Gasteiger partial charge in [-0.2, -0.15) is 0 Å². The highest BCUT2D eigenvalue weighted by Gasteiger charge is 2.04. The second kappa shape index (κ2) is 5.36. The second-order valence-electron chi connectivity index (χ2n) is 3.37. The summed E-state index contributed by atoms with van der Waals surface area (Å²) in [4.78, 5) is 7.74. The Morgan fingerprint density at radius 1 is 1.12 bits per heavy atom. The number of benzene rings is 1. The number of halogens is 1. The number of ether oxygens (including phenoxy) is 1. The minimum atomic E-state index is -0.403. The Kier molecular flexibility index (Phi) is 3.62. The number of hydrogen-bond donors (Lipinski definition) is 1. The Morgan fingerprint density at radius 2 is 1.88 bits per heavy atom. The molecule has 0 aliphatic rings. The van der Waals surface area contributed by atoms with Gasteiger partial charge in [0.25, 0.3) is 0 Å². The van der Waals surface area contributed by atoms with Gasteiger partial charge in [-0.05, 0) is 17.7 Å². The predicted octanol–water partition coefficient (Wildman–Crippen LogP) is 1.65. The van der Waals surface area contributed by atoms with Crippen LogP contribution in [0.1, 0.15) is 0 Å². The van der Waals surface area contributed by atoms with Crippen molar-refractivity contribution in [2.75, 3.05) is 13.2 Å². The van der Waals surface area contributed by atoms with Crippen LogP contribution >= 0.6 is 0 Å². The number of aliphatic hydroxyl groups excluding tert-OH is 1. The largest absolute Gasteiger partial charge is 0.491 e. The molecule has 1 aromatic carbocycles. The standard InChI is InChI=1S/C12H11FN2O2/c13-11-3-9(10-6-14-8-15-7-10)4-12(5-11)17-2-1-16/h3-8,16H,1-2H2. The molecule has 2 rings (SSSR count). The first-order valence-electron chi connectivity index (χ1n) is 5.09. The zero-order chi connectivity index (χ0) is 12.1. The molecule has 0 bridgehead atoms. The van der Waals surface area contributed by atoms with Gasteiger partial charge in [-0.15, -0.1) is 0 Å². The van der Waals surface area contributed by atoms with E-state index in [1.54, 1.807) is 18.5 Å². The predicted molar refractivity (Wildman–Crippen MR) is 60.0 cm³/mol. The number of hydrogen-bond acceptors (Lipinski definition) is 4. The summed E-state index contributed by atoms with van der Waals surface area (Å²) < 4.78 is 18.5. The smallest absolute Gasteiger partial charge is 0.127 e. The van der Waals surface area contributed by atoms with Crippen molar-refractivity contribution in [3.63, 3.8) is 0 Å². The molecule has 0 aliphatic carbocycles. The van der Waals surface area contributed by atoms with E-state index >= 15 is 0 Å².